The molecule has 1 unspecified atom stereocenters. The number of thioether (sulfide) groups is 1. The van der Waals surface area contributed by atoms with Gasteiger partial charge in [-0.25, -0.2) is 4.68 Å². The number of nitrogens with one attached hydrogen (secondary N) is 2. The molecule has 0 aliphatic carbocycles. The van der Waals surface area contributed by atoms with Crippen LogP contribution in [-0.4, -0.2) is 45.0 Å². The van der Waals surface area contributed by atoms with Crippen LogP contribution in [0.15, 0.2) is 36.7 Å². The lowest BCUT2D eigenvalue weighted by molar-refractivity contribution is -0.116. The van der Waals surface area contributed by atoms with Crippen LogP contribution in [0.5, 0.6) is 0 Å². The molecule has 2 heterocycles. The van der Waals surface area contributed by atoms with Crippen molar-refractivity contribution in [2.24, 2.45) is 0 Å². The average Bonchev–Trinajstić information content (AvgIpc) is 3.03. The molecule has 1 amide bonds. The molecule has 6 nitrogen and oxygen atoms in total. The fraction of sp³-hybridized carbons (Fsp3) is 0.357. The van der Waals surface area contributed by atoms with E-state index in [0.717, 1.165) is 29.4 Å². The highest BCUT2D eigenvalue weighted by Gasteiger charge is 2.16. The molecule has 1 atom stereocenters. The quantitative estimate of drug-likeness (QED) is 0.887. The Balaban J connectivity index is 0.00000176. The Kier molecular flexibility index (Phi) is 6.23. The molecule has 3 rings (SSSR count). The Morgan fingerprint density at radius 2 is 2.23 bits per heavy atom. The highest BCUT2D eigenvalue weighted by Crippen LogP contribution is 2.14. The number of carbonyl (C=O) groups excluding carboxylic acids is 1. The van der Waals surface area contributed by atoms with E-state index in [0.29, 0.717) is 6.42 Å². The SMILES string of the molecule is Cl.O=C(CC1CSCCN1)Nc1ccc(-n2ccnn2)cc1. The highest BCUT2D eigenvalue weighted by atomic mass is 35.5. The summed E-state index contributed by atoms with van der Waals surface area (Å²) in [6.07, 6.45) is 3.92. The van der Waals surface area contributed by atoms with E-state index in [1.165, 1.54) is 0 Å². The third-order valence-electron chi connectivity index (χ3n) is 3.27. The summed E-state index contributed by atoms with van der Waals surface area (Å²) in [5.74, 6) is 2.17. The van der Waals surface area contributed by atoms with Crippen LogP contribution in [0.1, 0.15) is 6.42 Å². The zero-order valence-corrected chi connectivity index (χ0v) is 13.6. The molecule has 1 aliphatic heterocycles. The molecule has 1 saturated heterocycles. The molecular formula is C14H18ClN5OS. The Bertz CT molecular complexity index is 584. The van der Waals surface area contributed by atoms with Gasteiger partial charge in [0.15, 0.2) is 0 Å². The van der Waals surface area contributed by atoms with Crippen LogP contribution in [0, 0.1) is 0 Å². The van der Waals surface area contributed by atoms with E-state index in [-0.39, 0.29) is 24.4 Å². The maximum atomic E-state index is 12.0. The molecule has 2 aromatic rings. The number of carbonyl (C=O) groups is 1. The van der Waals surface area contributed by atoms with Crippen molar-refractivity contribution in [1.82, 2.24) is 20.3 Å². The van der Waals surface area contributed by atoms with Gasteiger partial charge in [-0.05, 0) is 24.3 Å². The summed E-state index contributed by atoms with van der Waals surface area (Å²) in [6, 6.07) is 7.83. The number of rotatable bonds is 4. The van der Waals surface area contributed by atoms with Crippen LogP contribution in [0.25, 0.3) is 5.69 Å². The number of nitrogens with zero attached hydrogens (tertiary/aromatic N) is 3. The number of amides is 1. The van der Waals surface area contributed by atoms with Gasteiger partial charge in [-0.2, -0.15) is 11.8 Å². The van der Waals surface area contributed by atoms with Crippen LogP contribution in [0.4, 0.5) is 5.69 Å². The summed E-state index contributed by atoms with van der Waals surface area (Å²) in [5, 5.41) is 14.0. The predicted molar refractivity (Wildman–Crippen MR) is 91.0 cm³/mol. The van der Waals surface area contributed by atoms with Gasteiger partial charge in [0.25, 0.3) is 0 Å². The highest BCUT2D eigenvalue weighted by molar-refractivity contribution is 7.99. The van der Waals surface area contributed by atoms with E-state index in [1.54, 1.807) is 17.1 Å². The normalized spacial score (nSPS) is 17.5. The number of benzene rings is 1. The smallest absolute Gasteiger partial charge is 0.225 e. The van der Waals surface area contributed by atoms with E-state index < -0.39 is 0 Å². The second-order valence-corrected chi connectivity index (χ2v) is 6.02. The first-order valence-corrected chi connectivity index (χ1v) is 8.04. The molecule has 1 aromatic heterocycles. The standard InChI is InChI=1S/C14H17N5OS.ClH/c20-14(9-12-10-21-8-6-15-12)17-11-1-3-13(4-2-11)19-7-5-16-18-19;/h1-5,7,12,15H,6,8-10H2,(H,17,20);1H. The van der Waals surface area contributed by atoms with E-state index >= 15 is 0 Å². The molecular weight excluding hydrogens is 322 g/mol. The molecule has 118 valence electrons. The number of hydrogen-bond acceptors (Lipinski definition) is 5. The number of anilines is 1. The van der Waals surface area contributed by atoms with Crippen LogP contribution in [0.3, 0.4) is 0 Å². The topological polar surface area (TPSA) is 71.8 Å². The van der Waals surface area contributed by atoms with Crippen molar-refractivity contribution >= 4 is 35.8 Å². The van der Waals surface area contributed by atoms with E-state index in [1.807, 2.05) is 36.0 Å². The van der Waals surface area contributed by atoms with E-state index in [9.17, 15) is 4.79 Å². The molecule has 0 saturated carbocycles. The third kappa shape index (κ3) is 4.46. The summed E-state index contributed by atoms with van der Waals surface area (Å²) in [7, 11) is 0. The molecule has 22 heavy (non-hydrogen) atoms. The number of halogens is 1. The molecule has 1 fully saturated rings. The Morgan fingerprint density at radius 3 is 2.86 bits per heavy atom. The zero-order valence-electron chi connectivity index (χ0n) is 11.9. The molecule has 2 N–H and O–H groups in total. The first-order chi connectivity index (χ1) is 10.3. The van der Waals surface area contributed by atoms with Crippen molar-refractivity contribution in [2.45, 2.75) is 12.5 Å². The van der Waals surface area contributed by atoms with Crippen molar-refractivity contribution in [3.05, 3.63) is 36.7 Å². The van der Waals surface area contributed by atoms with Crippen LogP contribution in [-0.2, 0) is 4.79 Å². The summed E-state index contributed by atoms with van der Waals surface area (Å²) < 4.78 is 1.68. The average molecular weight is 340 g/mol. The van der Waals surface area contributed by atoms with Crippen LogP contribution < -0.4 is 10.6 Å². The minimum atomic E-state index is 0. The minimum absolute atomic E-state index is 0. The fourth-order valence-corrected chi connectivity index (χ4v) is 3.18. The van der Waals surface area contributed by atoms with Gasteiger partial charge < -0.3 is 10.6 Å². The maximum Gasteiger partial charge on any atom is 0.225 e. The second-order valence-electron chi connectivity index (χ2n) is 4.87. The van der Waals surface area contributed by atoms with Gasteiger partial charge in [0.1, 0.15) is 0 Å². The summed E-state index contributed by atoms with van der Waals surface area (Å²) >= 11 is 1.89. The van der Waals surface area contributed by atoms with Crippen molar-refractivity contribution < 1.29 is 4.79 Å². The van der Waals surface area contributed by atoms with Crippen molar-refractivity contribution in [1.29, 1.82) is 0 Å². The number of hydrogen-bond donors (Lipinski definition) is 2. The first-order valence-electron chi connectivity index (χ1n) is 6.89. The van der Waals surface area contributed by atoms with Gasteiger partial charge in [0, 0.05) is 36.2 Å². The lowest BCUT2D eigenvalue weighted by atomic mass is 10.2. The van der Waals surface area contributed by atoms with Gasteiger partial charge in [-0.15, -0.1) is 17.5 Å². The molecule has 1 aromatic carbocycles. The monoisotopic (exact) mass is 339 g/mol. The Labute approximate surface area is 139 Å². The number of aromatic nitrogens is 3. The summed E-state index contributed by atoms with van der Waals surface area (Å²) in [5.41, 5.74) is 1.71. The Hall–Kier alpha value is -1.57. The molecule has 0 spiro atoms. The van der Waals surface area contributed by atoms with E-state index in [2.05, 4.69) is 20.9 Å². The van der Waals surface area contributed by atoms with Crippen LogP contribution >= 0.6 is 24.2 Å². The fourth-order valence-electron chi connectivity index (χ4n) is 2.23. The zero-order chi connectivity index (χ0) is 14.5. The van der Waals surface area contributed by atoms with Gasteiger partial charge in [-0.1, -0.05) is 5.21 Å². The molecule has 1 aliphatic rings. The minimum Gasteiger partial charge on any atom is -0.326 e. The first kappa shape index (κ1) is 16.8. The summed E-state index contributed by atoms with van der Waals surface area (Å²) in [6.45, 7) is 0.981. The van der Waals surface area contributed by atoms with Gasteiger partial charge in [0.05, 0.1) is 18.1 Å². The van der Waals surface area contributed by atoms with Crippen molar-refractivity contribution in [3.8, 4) is 5.69 Å². The van der Waals surface area contributed by atoms with Crippen LogP contribution in [0.2, 0.25) is 0 Å². The summed E-state index contributed by atoms with van der Waals surface area (Å²) in [4.78, 5) is 12.0. The van der Waals surface area contributed by atoms with Gasteiger partial charge in [-0.3, -0.25) is 4.79 Å². The molecule has 0 radical (unpaired) electrons. The maximum absolute atomic E-state index is 12.0. The lowest BCUT2D eigenvalue weighted by Crippen LogP contribution is -2.39. The van der Waals surface area contributed by atoms with Gasteiger partial charge in [0.2, 0.25) is 5.91 Å². The van der Waals surface area contributed by atoms with Gasteiger partial charge >= 0.3 is 0 Å². The largest absolute Gasteiger partial charge is 0.326 e. The molecule has 0 bridgehead atoms. The third-order valence-corrected chi connectivity index (χ3v) is 4.40. The Morgan fingerprint density at radius 1 is 1.41 bits per heavy atom. The van der Waals surface area contributed by atoms with Crippen molar-refractivity contribution in [2.75, 3.05) is 23.4 Å². The van der Waals surface area contributed by atoms with E-state index in [4.69, 9.17) is 0 Å². The lowest BCUT2D eigenvalue weighted by Gasteiger charge is -2.22. The predicted octanol–water partition coefficient (Wildman–Crippen LogP) is 1.72. The molecule has 8 heteroatoms. The van der Waals surface area contributed by atoms with Crippen molar-refractivity contribution in [3.63, 3.8) is 0 Å². The second kappa shape index (κ2) is 8.17.